The fourth-order valence-electron chi connectivity index (χ4n) is 1.49. The van der Waals surface area contributed by atoms with E-state index in [1.165, 1.54) is 0 Å². The van der Waals surface area contributed by atoms with Crippen molar-refractivity contribution in [1.82, 2.24) is 0 Å². The normalized spacial score (nSPS) is 10.6. The molecule has 0 bridgehead atoms. The van der Waals surface area contributed by atoms with E-state index in [1.807, 2.05) is 0 Å². The standard InChI is InChI=1S/C14H13N3O2/c1-19-13-7-5-11(6-8-13)16-17-12-4-2-3-10(9-12)14(15)18/h2-9H,1H3,(H2,15,18). The summed E-state index contributed by atoms with van der Waals surface area (Å²) in [5.41, 5.74) is 6.88. The molecule has 2 rings (SSSR count). The van der Waals surface area contributed by atoms with E-state index >= 15 is 0 Å². The van der Waals surface area contributed by atoms with Crippen LogP contribution in [-0.4, -0.2) is 13.0 Å². The predicted molar refractivity (Wildman–Crippen MR) is 72.1 cm³/mol. The second-order valence-electron chi connectivity index (χ2n) is 3.81. The molecular weight excluding hydrogens is 242 g/mol. The molecule has 5 heteroatoms. The quantitative estimate of drug-likeness (QED) is 0.851. The van der Waals surface area contributed by atoms with Gasteiger partial charge in [0.15, 0.2) is 0 Å². The number of hydrogen-bond donors (Lipinski definition) is 1. The molecule has 0 atom stereocenters. The first kappa shape index (κ1) is 12.8. The van der Waals surface area contributed by atoms with Gasteiger partial charge in [0.05, 0.1) is 18.5 Å². The summed E-state index contributed by atoms with van der Waals surface area (Å²) in [5.74, 6) is 0.274. The minimum Gasteiger partial charge on any atom is -0.497 e. The SMILES string of the molecule is COc1ccc(N=Nc2cccc(C(N)=O)c2)cc1. The van der Waals surface area contributed by atoms with Gasteiger partial charge in [0, 0.05) is 5.56 Å². The maximum absolute atomic E-state index is 11.0. The third-order valence-corrected chi connectivity index (χ3v) is 2.48. The zero-order chi connectivity index (χ0) is 13.7. The first-order valence-corrected chi connectivity index (χ1v) is 5.65. The minimum atomic E-state index is -0.485. The highest BCUT2D eigenvalue weighted by atomic mass is 16.5. The Labute approximate surface area is 110 Å². The molecule has 1 amide bonds. The lowest BCUT2D eigenvalue weighted by Crippen LogP contribution is -2.10. The third kappa shape index (κ3) is 3.38. The average molecular weight is 255 g/mol. The molecule has 19 heavy (non-hydrogen) atoms. The van der Waals surface area contributed by atoms with E-state index in [0.717, 1.165) is 5.75 Å². The van der Waals surface area contributed by atoms with Crippen molar-refractivity contribution in [3.05, 3.63) is 54.1 Å². The van der Waals surface area contributed by atoms with Gasteiger partial charge >= 0.3 is 0 Å². The van der Waals surface area contributed by atoms with Crippen LogP contribution in [-0.2, 0) is 0 Å². The Kier molecular flexibility index (Phi) is 3.87. The fraction of sp³-hybridized carbons (Fsp3) is 0.0714. The van der Waals surface area contributed by atoms with E-state index in [9.17, 15) is 4.79 Å². The number of azo groups is 1. The molecule has 0 saturated carbocycles. The highest BCUT2D eigenvalue weighted by molar-refractivity contribution is 5.93. The maximum Gasteiger partial charge on any atom is 0.248 e. The summed E-state index contributed by atoms with van der Waals surface area (Å²) in [4.78, 5) is 11.0. The lowest BCUT2D eigenvalue weighted by molar-refractivity contribution is 0.100. The highest BCUT2D eigenvalue weighted by Crippen LogP contribution is 2.21. The monoisotopic (exact) mass is 255 g/mol. The Morgan fingerprint density at radius 1 is 1.05 bits per heavy atom. The van der Waals surface area contributed by atoms with Gasteiger partial charge in [-0.05, 0) is 42.5 Å². The first-order chi connectivity index (χ1) is 9.19. The molecule has 2 N–H and O–H groups in total. The third-order valence-electron chi connectivity index (χ3n) is 2.48. The number of nitrogens with two attached hydrogens (primary N) is 1. The molecule has 0 aliphatic carbocycles. The van der Waals surface area contributed by atoms with Gasteiger partial charge in [-0.2, -0.15) is 10.2 Å². The number of nitrogens with zero attached hydrogens (tertiary/aromatic N) is 2. The molecule has 0 aromatic heterocycles. The number of methoxy groups -OCH3 is 1. The van der Waals surface area contributed by atoms with E-state index in [0.29, 0.717) is 16.9 Å². The Morgan fingerprint density at radius 3 is 2.37 bits per heavy atom. The van der Waals surface area contributed by atoms with Crippen molar-refractivity contribution < 1.29 is 9.53 Å². The van der Waals surface area contributed by atoms with Gasteiger partial charge in [-0.1, -0.05) is 6.07 Å². The molecule has 0 aliphatic rings. The van der Waals surface area contributed by atoms with Gasteiger partial charge in [0.2, 0.25) is 5.91 Å². The molecule has 0 unspecified atom stereocenters. The summed E-state index contributed by atoms with van der Waals surface area (Å²) >= 11 is 0. The zero-order valence-corrected chi connectivity index (χ0v) is 10.4. The lowest BCUT2D eigenvalue weighted by Gasteiger charge is -1.99. The van der Waals surface area contributed by atoms with Crippen LogP contribution in [0.25, 0.3) is 0 Å². The fourth-order valence-corrected chi connectivity index (χ4v) is 1.49. The summed E-state index contributed by atoms with van der Waals surface area (Å²) in [6, 6.07) is 13.9. The predicted octanol–water partition coefficient (Wildman–Crippen LogP) is 3.21. The van der Waals surface area contributed by atoms with Crippen molar-refractivity contribution in [2.24, 2.45) is 16.0 Å². The van der Waals surface area contributed by atoms with Gasteiger partial charge in [-0.25, -0.2) is 0 Å². The second-order valence-corrected chi connectivity index (χ2v) is 3.81. The van der Waals surface area contributed by atoms with Crippen molar-refractivity contribution in [3.8, 4) is 5.75 Å². The van der Waals surface area contributed by atoms with Gasteiger partial charge in [0.25, 0.3) is 0 Å². The van der Waals surface area contributed by atoms with Crippen molar-refractivity contribution in [3.63, 3.8) is 0 Å². The van der Waals surface area contributed by atoms with Crippen molar-refractivity contribution >= 4 is 17.3 Å². The Morgan fingerprint density at radius 2 is 1.74 bits per heavy atom. The summed E-state index contributed by atoms with van der Waals surface area (Å²) in [5, 5.41) is 8.12. The number of primary amides is 1. The van der Waals surface area contributed by atoms with Gasteiger partial charge < -0.3 is 10.5 Å². The van der Waals surface area contributed by atoms with E-state index < -0.39 is 5.91 Å². The number of carbonyl (C=O) groups excluding carboxylic acids is 1. The summed E-state index contributed by atoms with van der Waals surface area (Å²) < 4.78 is 5.05. The molecule has 0 spiro atoms. The smallest absolute Gasteiger partial charge is 0.248 e. The average Bonchev–Trinajstić information content (AvgIpc) is 2.46. The molecule has 2 aromatic rings. The largest absolute Gasteiger partial charge is 0.497 e. The molecule has 0 radical (unpaired) electrons. The van der Waals surface area contributed by atoms with Gasteiger partial charge in [0.1, 0.15) is 5.75 Å². The van der Waals surface area contributed by atoms with Crippen molar-refractivity contribution in [2.45, 2.75) is 0 Å². The molecule has 5 nitrogen and oxygen atoms in total. The Balaban J connectivity index is 2.17. The van der Waals surface area contributed by atoms with Crippen LogP contribution in [0.15, 0.2) is 58.8 Å². The van der Waals surface area contributed by atoms with E-state index in [-0.39, 0.29) is 0 Å². The Hall–Kier alpha value is -2.69. The minimum absolute atomic E-state index is 0.409. The number of ether oxygens (including phenoxy) is 1. The van der Waals surface area contributed by atoms with Crippen LogP contribution in [0.2, 0.25) is 0 Å². The van der Waals surface area contributed by atoms with Crippen LogP contribution in [0.1, 0.15) is 10.4 Å². The second kappa shape index (κ2) is 5.77. The molecule has 96 valence electrons. The zero-order valence-electron chi connectivity index (χ0n) is 10.4. The molecule has 2 aromatic carbocycles. The molecule has 0 aliphatic heterocycles. The number of amides is 1. The maximum atomic E-state index is 11.0. The van der Waals surface area contributed by atoms with Crippen LogP contribution in [0.4, 0.5) is 11.4 Å². The number of carbonyl (C=O) groups is 1. The van der Waals surface area contributed by atoms with Crippen LogP contribution in [0, 0.1) is 0 Å². The lowest BCUT2D eigenvalue weighted by atomic mass is 10.2. The first-order valence-electron chi connectivity index (χ1n) is 5.65. The molecule has 0 heterocycles. The number of rotatable bonds is 4. The summed E-state index contributed by atoms with van der Waals surface area (Å²) in [6.07, 6.45) is 0. The van der Waals surface area contributed by atoms with Crippen LogP contribution >= 0.6 is 0 Å². The van der Waals surface area contributed by atoms with Crippen LogP contribution < -0.4 is 10.5 Å². The summed E-state index contributed by atoms with van der Waals surface area (Å²) in [6.45, 7) is 0. The molecule has 0 saturated heterocycles. The number of benzene rings is 2. The summed E-state index contributed by atoms with van der Waals surface area (Å²) in [7, 11) is 1.60. The van der Waals surface area contributed by atoms with E-state index in [4.69, 9.17) is 10.5 Å². The van der Waals surface area contributed by atoms with Crippen LogP contribution in [0.5, 0.6) is 5.75 Å². The van der Waals surface area contributed by atoms with Crippen molar-refractivity contribution in [2.75, 3.05) is 7.11 Å². The van der Waals surface area contributed by atoms with E-state index in [1.54, 1.807) is 55.6 Å². The topological polar surface area (TPSA) is 77.0 Å². The molecule has 0 fully saturated rings. The molecular formula is C14H13N3O2. The van der Waals surface area contributed by atoms with Gasteiger partial charge in [-0.3, -0.25) is 4.79 Å². The van der Waals surface area contributed by atoms with Gasteiger partial charge in [-0.15, -0.1) is 0 Å². The van der Waals surface area contributed by atoms with Crippen LogP contribution in [0.3, 0.4) is 0 Å². The van der Waals surface area contributed by atoms with Crippen molar-refractivity contribution in [1.29, 1.82) is 0 Å². The highest BCUT2D eigenvalue weighted by Gasteiger charge is 2.00. The van der Waals surface area contributed by atoms with E-state index in [2.05, 4.69) is 10.2 Å². The number of hydrogen-bond acceptors (Lipinski definition) is 4. The Bertz CT molecular complexity index is 606.